The van der Waals surface area contributed by atoms with E-state index in [0.717, 1.165) is 11.1 Å². The molecule has 0 aliphatic heterocycles. The van der Waals surface area contributed by atoms with Gasteiger partial charge in [-0.25, -0.2) is 0 Å². The van der Waals surface area contributed by atoms with Gasteiger partial charge in [-0.2, -0.15) is 15.0 Å². The van der Waals surface area contributed by atoms with Gasteiger partial charge >= 0.3 is 0 Å². The Kier molecular flexibility index (Phi) is 2.44. The van der Waals surface area contributed by atoms with Crippen LogP contribution in [-0.2, 0) is 0 Å². The third-order valence-corrected chi connectivity index (χ3v) is 2.59. The van der Waals surface area contributed by atoms with Crippen LogP contribution in [0.1, 0.15) is 21.5 Å². The van der Waals surface area contributed by atoms with Gasteiger partial charge in [0.15, 0.2) is 0 Å². The van der Waals surface area contributed by atoms with Gasteiger partial charge < -0.3 is 5.73 Å². The maximum Gasteiger partial charge on any atom is 0.250 e. The lowest BCUT2D eigenvalue weighted by Gasteiger charge is -2.11. The van der Waals surface area contributed by atoms with Gasteiger partial charge in [0.05, 0.1) is 18.0 Å². The van der Waals surface area contributed by atoms with E-state index in [2.05, 4.69) is 10.2 Å². The van der Waals surface area contributed by atoms with E-state index in [1.165, 1.54) is 4.80 Å². The number of aryl methyl sites for hydroxylation is 1. The van der Waals surface area contributed by atoms with Crippen LogP contribution >= 0.6 is 0 Å². The van der Waals surface area contributed by atoms with E-state index in [4.69, 9.17) is 5.73 Å². The van der Waals surface area contributed by atoms with E-state index >= 15 is 0 Å². The van der Waals surface area contributed by atoms with Crippen LogP contribution in [0.15, 0.2) is 24.5 Å². The number of rotatable bonds is 2. The van der Waals surface area contributed by atoms with Crippen LogP contribution in [0.25, 0.3) is 5.69 Å². The number of nitrogens with two attached hydrogens (primary N) is 1. The van der Waals surface area contributed by atoms with Crippen LogP contribution in [0.5, 0.6) is 0 Å². The summed E-state index contributed by atoms with van der Waals surface area (Å²) in [5.41, 5.74) is 8.43. The van der Waals surface area contributed by atoms with Crippen LogP contribution in [0, 0.1) is 13.8 Å². The number of primary amides is 1. The smallest absolute Gasteiger partial charge is 0.250 e. The van der Waals surface area contributed by atoms with Crippen molar-refractivity contribution < 1.29 is 4.79 Å². The first-order chi connectivity index (χ1) is 7.61. The SMILES string of the molecule is Cc1ccc(C(N)=O)c(-n2nccn2)c1C. The van der Waals surface area contributed by atoms with E-state index in [9.17, 15) is 4.79 Å². The Morgan fingerprint density at radius 2 is 1.88 bits per heavy atom. The zero-order chi connectivity index (χ0) is 11.7. The normalized spacial score (nSPS) is 10.4. The zero-order valence-electron chi connectivity index (χ0n) is 9.14. The minimum atomic E-state index is -0.476. The standard InChI is InChI=1S/C11H12N4O/c1-7-3-4-9(11(12)16)10(8(7)2)15-13-5-6-14-15/h3-6H,1-2H3,(H2,12,16). The highest BCUT2D eigenvalue weighted by molar-refractivity contribution is 5.97. The topological polar surface area (TPSA) is 73.8 Å². The van der Waals surface area contributed by atoms with E-state index in [1.807, 2.05) is 19.9 Å². The molecule has 5 nitrogen and oxygen atoms in total. The quantitative estimate of drug-likeness (QED) is 0.813. The number of benzene rings is 1. The van der Waals surface area contributed by atoms with Gasteiger partial charge in [-0.1, -0.05) is 6.07 Å². The summed E-state index contributed by atoms with van der Waals surface area (Å²) in [6, 6.07) is 3.56. The lowest BCUT2D eigenvalue weighted by molar-refractivity contribution is 0.1000. The molecule has 0 aliphatic rings. The minimum Gasteiger partial charge on any atom is -0.366 e. The van der Waals surface area contributed by atoms with Gasteiger partial charge in [0.25, 0.3) is 5.91 Å². The number of aromatic nitrogens is 3. The van der Waals surface area contributed by atoms with Crippen molar-refractivity contribution in [2.24, 2.45) is 5.73 Å². The molecule has 0 saturated heterocycles. The summed E-state index contributed by atoms with van der Waals surface area (Å²) in [6.07, 6.45) is 3.12. The van der Waals surface area contributed by atoms with Gasteiger partial charge in [-0.15, -0.1) is 0 Å². The fourth-order valence-electron chi connectivity index (χ4n) is 1.59. The molecule has 0 fully saturated rings. The third-order valence-electron chi connectivity index (χ3n) is 2.59. The van der Waals surface area contributed by atoms with Crippen molar-refractivity contribution in [1.82, 2.24) is 15.0 Å². The first-order valence-corrected chi connectivity index (χ1v) is 4.88. The molecule has 2 aromatic rings. The summed E-state index contributed by atoms with van der Waals surface area (Å²) in [4.78, 5) is 12.8. The Morgan fingerprint density at radius 3 is 2.44 bits per heavy atom. The molecular formula is C11H12N4O. The Balaban J connectivity index is 2.74. The van der Waals surface area contributed by atoms with Crippen LogP contribution in [0.4, 0.5) is 0 Å². The molecule has 1 heterocycles. The van der Waals surface area contributed by atoms with Crippen LogP contribution < -0.4 is 5.73 Å². The van der Waals surface area contributed by atoms with Gasteiger partial charge in [-0.05, 0) is 31.0 Å². The summed E-state index contributed by atoms with van der Waals surface area (Å²) in [5.74, 6) is -0.476. The average molecular weight is 216 g/mol. The molecule has 1 aromatic heterocycles. The molecular weight excluding hydrogens is 204 g/mol. The van der Waals surface area contributed by atoms with Crippen molar-refractivity contribution >= 4 is 5.91 Å². The Labute approximate surface area is 92.9 Å². The maximum absolute atomic E-state index is 11.3. The fraction of sp³-hybridized carbons (Fsp3) is 0.182. The molecule has 0 radical (unpaired) electrons. The summed E-state index contributed by atoms with van der Waals surface area (Å²) in [5, 5.41) is 8.06. The largest absolute Gasteiger partial charge is 0.366 e. The van der Waals surface area contributed by atoms with E-state index in [-0.39, 0.29) is 0 Å². The number of carbonyl (C=O) groups is 1. The lowest BCUT2D eigenvalue weighted by atomic mass is 10.0. The number of hydrogen-bond donors (Lipinski definition) is 1. The molecule has 0 atom stereocenters. The predicted molar refractivity (Wildman–Crippen MR) is 59.4 cm³/mol. The van der Waals surface area contributed by atoms with Crippen molar-refractivity contribution in [1.29, 1.82) is 0 Å². The number of carbonyl (C=O) groups excluding carboxylic acids is 1. The second-order valence-electron chi connectivity index (χ2n) is 3.59. The molecule has 2 rings (SSSR count). The van der Waals surface area contributed by atoms with Crippen molar-refractivity contribution in [2.75, 3.05) is 0 Å². The van der Waals surface area contributed by atoms with Gasteiger partial charge in [0, 0.05) is 0 Å². The van der Waals surface area contributed by atoms with E-state index < -0.39 is 5.91 Å². The van der Waals surface area contributed by atoms with Crippen molar-refractivity contribution in [3.05, 3.63) is 41.2 Å². The van der Waals surface area contributed by atoms with Crippen LogP contribution in [0.2, 0.25) is 0 Å². The summed E-state index contributed by atoms with van der Waals surface area (Å²) in [7, 11) is 0. The zero-order valence-corrected chi connectivity index (χ0v) is 9.14. The minimum absolute atomic E-state index is 0.430. The van der Waals surface area contributed by atoms with Gasteiger partial charge in [0.2, 0.25) is 0 Å². The monoisotopic (exact) mass is 216 g/mol. The van der Waals surface area contributed by atoms with Gasteiger partial charge in [-0.3, -0.25) is 4.79 Å². The number of amides is 1. The molecule has 2 N–H and O–H groups in total. The van der Waals surface area contributed by atoms with E-state index in [0.29, 0.717) is 11.3 Å². The second kappa shape index (κ2) is 3.77. The molecule has 0 aliphatic carbocycles. The highest BCUT2D eigenvalue weighted by Crippen LogP contribution is 2.20. The lowest BCUT2D eigenvalue weighted by Crippen LogP contribution is -2.17. The molecule has 82 valence electrons. The molecule has 16 heavy (non-hydrogen) atoms. The highest BCUT2D eigenvalue weighted by atomic mass is 16.1. The second-order valence-corrected chi connectivity index (χ2v) is 3.59. The van der Waals surface area contributed by atoms with Crippen molar-refractivity contribution in [3.8, 4) is 5.69 Å². The molecule has 1 aromatic carbocycles. The summed E-state index contributed by atoms with van der Waals surface area (Å²) in [6.45, 7) is 3.88. The predicted octanol–water partition coefficient (Wildman–Crippen LogP) is 0.983. The van der Waals surface area contributed by atoms with Crippen LogP contribution in [-0.4, -0.2) is 20.9 Å². The number of hydrogen-bond acceptors (Lipinski definition) is 3. The van der Waals surface area contributed by atoms with E-state index in [1.54, 1.807) is 18.5 Å². The van der Waals surface area contributed by atoms with Crippen LogP contribution in [0.3, 0.4) is 0 Å². The first-order valence-electron chi connectivity index (χ1n) is 4.88. The Hall–Kier alpha value is -2.17. The Morgan fingerprint density at radius 1 is 1.25 bits per heavy atom. The molecule has 1 amide bonds. The van der Waals surface area contributed by atoms with Crippen molar-refractivity contribution in [3.63, 3.8) is 0 Å². The molecule has 0 saturated carbocycles. The Bertz CT molecular complexity index is 531. The first kappa shape index (κ1) is 10.4. The maximum atomic E-state index is 11.3. The molecule has 0 bridgehead atoms. The molecule has 0 unspecified atom stereocenters. The average Bonchev–Trinajstić information content (AvgIpc) is 2.74. The van der Waals surface area contributed by atoms with Gasteiger partial charge in [0.1, 0.15) is 5.69 Å². The fourth-order valence-corrected chi connectivity index (χ4v) is 1.59. The highest BCUT2D eigenvalue weighted by Gasteiger charge is 2.14. The molecule has 0 spiro atoms. The number of nitrogens with zero attached hydrogens (tertiary/aromatic N) is 3. The third kappa shape index (κ3) is 1.56. The summed E-state index contributed by atoms with van der Waals surface area (Å²) < 4.78 is 0. The molecule has 5 heteroatoms. The summed E-state index contributed by atoms with van der Waals surface area (Å²) >= 11 is 0. The van der Waals surface area contributed by atoms with Crippen molar-refractivity contribution in [2.45, 2.75) is 13.8 Å².